The first-order valence-electron chi connectivity index (χ1n) is 6.26. The normalized spacial score (nSPS) is 36.3. The highest BCUT2D eigenvalue weighted by Gasteiger charge is 2.48. The van der Waals surface area contributed by atoms with Gasteiger partial charge in [-0.25, -0.2) is 0 Å². The molecule has 1 aliphatic heterocycles. The van der Waals surface area contributed by atoms with E-state index in [2.05, 4.69) is 12.2 Å². The molecule has 0 spiro atoms. The smallest absolute Gasteiger partial charge is 0.307 e. The Bertz CT molecular complexity index is 318. The zero-order valence-electron chi connectivity index (χ0n) is 10.0. The lowest BCUT2D eigenvalue weighted by atomic mass is 10.0. The number of carbonyl (C=O) groups is 2. The van der Waals surface area contributed by atoms with Gasteiger partial charge in [-0.05, 0) is 25.7 Å². The van der Waals surface area contributed by atoms with Gasteiger partial charge in [0.25, 0.3) is 0 Å². The van der Waals surface area contributed by atoms with E-state index in [-0.39, 0.29) is 24.0 Å². The summed E-state index contributed by atoms with van der Waals surface area (Å²) in [7, 11) is 0. The first-order chi connectivity index (χ1) is 8.11. The van der Waals surface area contributed by atoms with Gasteiger partial charge in [-0.2, -0.15) is 0 Å². The highest BCUT2D eigenvalue weighted by Crippen LogP contribution is 2.38. The summed E-state index contributed by atoms with van der Waals surface area (Å²) in [5.41, 5.74) is 0. The van der Waals surface area contributed by atoms with Crippen molar-refractivity contribution in [2.24, 2.45) is 11.8 Å². The molecule has 1 aliphatic carbocycles. The summed E-state index contributed by atoms with van der Waals surface area (Å²) >= 11 is 0. The lowest BCUT2D eigenvalue weighted by molar-refractivity contribution is -0.140. The van der Waals surface area contributed by atoms with Gasteiger partial charge in [-0.15, -0.1) is 0 Å². The Morgan fingerprint density at radius 1 is 1.35 bits per heavy atom. The van der Waals surface area contributed by atoms with Gasteiger partial charge in [0, 0.05) is 12.6 Å². The molecule has 0 aromatic heterocycles. The van der Waals surface area contributed by atoms with Crippen molar-refractivity contribution in [2.45, 2.75) is 44.8 Å². The van der Waals surface area contributed by atoms with Crippen LogP contribution in [-0.4, -0.2) is 35.7 Å². The zero-order chi connectivity index (χ0) is 12.4. The molecule has 1 heterocycles. The predicted molar refractivity (Wildman–Crippen MR) is 60.4 cm³/mol. The van der Waals surface area contributed by atoms with E-state index in [0.29, 0.717) is 13.0 Å². The average molecular weight is 241 g/mol. The quantitative estimate of drug-likeness (QED) is 0.762. The molecule has 5 heteroatoms. The number of carboxylic acids is 1. The largest absolute Gasteiger partial charge is 0.481 e. The fourth-order valence-electron chi connectivity index (χ4n) is 2.36. The molecule has 5 nitrogen and oxygen atoms in total. The van der Waals surface area contributed by atoms with Gasteiger partial charge in [0.1, 0.15) is 0 Å². The van der Waals surface area contributed by atoms with Crippen molar-refractivity contribution in [3.63, 3.8) is 0 Å². The number of nitrogens with one attached hydrogen (secondary N) is 1. The minimum atomic E-state index is -0.858. The molecule has 0 aromatic rings. The molecular formula is C12H19NO4. The van der Waals surface area contributed by atoms with Gasteiger partial charge in [0.15, 0.2) is 0 Å². The number of aliphatic carboxylic acids is 1. The summed E-state index contributed by atoms with van der Waals surface area (Å²) in [4.78, 5) is 22.4. The second kappa shape index (κ2) is 5.04. The first-order valence-corrected chi connectivity index (χ1v) is 6.26. The maximum atomic E-state index is 11.8. The number of rotatable bonds is 4. The van der Waals surface area contributed by atoms with Crippen LogP contribution in [-0.2, 0) is 14.3 Å². The summed E-state index contributed by atoms with van der Waals surface area (Å²) in [5.74, 6) is -1.73. The number of hydrogen-bond acceptors (Lipinski definition) is 3. The van der Waals surface area contributed by atoms with Crippen molar-refractivity contribution in [3.8, 4) is 0 Å². The summed E-state index contributed by atoms with van der Waals surface area (Å²) in [5, 5.41) is 11.7. The molecule has 1 amide bonds. The van der Waals surface area contributed by atoms with E-state index in [9.17, 15) is 9.59 Å². The third kappa shape index (κ3) is 2.97. The molecule has 4 unspecified atom stereocenters. The van der Waals surface area contributed by atoms with Crippen LogP contribution in [0.15, 0.2) is 0 Å². The van der Waals surface area contributed by atoms with E-state index in [1.807, 2.05) is 0 Å². The van der Waals surface area contributed by atoms with Crippen molar-refractivity contribution in [3.05, 3.63) is 0 Å². The highest BCUT2D eigenvalue weighted by atomic mass is 16.5. The molecule has 1 saturated heterocycles. The van der Waals surface area contributed by atoms with Crippen molar-refractivity contribution < 1.29 is 19.4 Å². The van der Waals surface area contributed by atoms with Gasteiger partial charge in [-0.3, -0.25) is 9.59 Å². The topological polar surface area (TPSA) is 75.6 Å². The molecule has 0 radical (unpaired) electrons. The first kappa shape index (κ1) is 12.4. The number of hydrogen-bond donors (Lipinski definition) is 2. The van der Waals surface area contributed by atoms with E-state index in [0.717, 1.165) is 19.3 Å². The second-order valence-corrected chi connectivity index (χ2v) is 4.92. The number of ether oxygens (including phenoxy) is 1. The molecule has 1 saturated carbocycles. The van der Waals surface area contributed by atoms with E-state index in [1.54, 1.807) is 0 Å². The summed E-state index contributed by atoms with van der Waals surface area (Å²) < 4.78 is 5.53. The maximum absolute atomic E-state index is 11.8. The Kier molecular flexibility index (Phi) is 3.66. The third-order valence-corrected chi connectivity index (χ3v) is 3.61. The van der Waals surface area contributed by atoms with Crippen LogP contribution >= 0.6 is 0 Å². The van der Waals surface area contributed by atoms with E-state index in [4.69, 9.17) is 9.84 Å². The van der Waals surface area contributed by atoms with Crippen LogP contribution in [0, 0.1) is 11.8 Å². The minimum Gasteiger partial charge on any atom is -0.481 e. The van der Waals surface area contributed by atoms with Crippen LogP contribution in [0.3, 0.4) is 0 Å². The van der Waals surface area contributed by atoms with Gasteiger partial charge in [0.05, 0.1) is 17.9 Å². The van der Waals surface area contributed by atoms with E-state index in [1.165, 1.54) is 0 Å². The maximum Gasteiger partial charge on any atom is 0.307 e. The Morgan fingerprint density at radius 2 is 2.12 bits per heavy atom. The van der Waals surface area contributed by atoms with Crippen molar-refractivity contribution in [2.75, 3.05) is 6.61 Å². The standard InChI is InChI=1S/C12H19NO4/c1-2-8-5-7(3-4-17-8)13-11(14)9-6-10(9)12(15)16/h7-10H,2-6H2,1H3,(H,13,14)(H,15,16). The Balaban J connectivity index is 1.77. The van der Waals surface area contributed by atoms with Crippen LogP contribution in [0.5, 0.6) is 0 Å². The van der Waals surface area contributed by atoms with Gasteiger partial charge < -0.3 is 15.2 Å². The van der Waals surface area contributed by atoms with Crippen molar-refractivity contribution in [1.29, 1.82) is 0 Å². The molecular weight excluding hydrogens is 222 g/mol. The number of carboxylic acid groups (broad SMARTS) is 1. The molecule has 2 N–H and O–H groups in total. The monoisotopic (exact) mass is 241 g/mol. The molecule has 2 rings (SSSR count). The Morgan fingerprint density at radius 3 is 2.71 bits per heavy atom. The zero-order valence-corrected chi connectivity index (χ0v) is 10.0. The fourth-order valence-corrected chi connectivity index (χ4v) is 2.36. The van der Waals surface area contributed by atoms with Gasteiger partial charge in [-0.1, -0.05) is 6.92 Å². The van der Waals surface area contributed by atoms with Crippen LogP contribution < -0.4 is 5.32 Å². The fraction of sp³-hybridized carbons (Fsp3) is 0.833. The van der Waals surface area contributed by atoms with Gasteiger partial charge >= 0.3 is 5.97 Å². The van der Waals surface area contributed by atoms with Crippen molar-refractivity contribution in [1.82, 2.24) is 5.32 Å². The van der Waals surface area contributed by atoms with E-state index >= 15 is 0 Å². The molecule has 2 aliphatic rings. The number of amides is 1. The van der Waals surface area contributed by atoms with Gasteiger partial charge in [0.2, 0.25) is 5.91 Å². The third-order valence-electron chi connectivity index (χ3n) is 3.61. The predicted octanol–water partition coefficient (Wildman–Crippen LogP) is 0.781. The molecule has 2 fully saturated rings. The van der Waals surface area contributed by atoms with Crippen LogP contribution in [0.2, 0.25) is 0 Å². The van der Waals surface area contributed by atoms with Crippen LogP contribution in [0.1, 0.15) is 32.6 Å². The Hall–Kier alpha value is -1.10. The summed E-state index contributed by atoms with van der Waals surface area (Å²) in [6.07, 6.45) is 3.33. The SMILES string of the molecule is CCC1CC(NC(=O)C2CC2C(=O)O)CCO1. The number of carbonyl (C=O) groups excluding carboxylic acids is 1. The van der Waals surface area contributed by atoms with Crippen LogP contribution in [0.25, 0.3) is 0 Å². The molecule has 0 aromatic carbocycles. The minimum absolute atomic E-state index is 0.0980. The lowest BCUT2D eigenvalue weighted by Crippen LogP contribution is -2.42. The molecule has 0 bridgehead atoms. The Labute approximate surface area is 101 Å². The van der Waals surface area contributed by atoms with Crippen molar-refractivity contribution >= 4 is 11.9 Å². The van der Waals surface area contributed by atoms with E-state index < -0.39 is 11.9 Å². The second-order valence-electron chi connectivity index (χ2n) is 4.92. The molecule has 4 atom stereocenters. The highest BCUT2D eigenvalue weighted by molar-refractivity contribution is 5.89. The summed E-state index contributed by atoms with van der Waals surface area (Å²) in [6, 6.07) is 0.149. The van der Waals surface area contributed by atoms with Crippen LogP contribution in [0.4, 0.5) is 0 Å². The average Bonchev–Trinajstić information content (AvgIpc) is 3.09. The summed E-state index contributed by atoms with van der Waals surface area (Å²) in [6.45, 7) is 2.74. The lowest BCUT2D eigenvalue weighted by Gasteiger charge is -2.29. The molecule has 17 heavy (non-hydrogen) atoms. The molecule has 96 valence electrons.